The van der Waals surface area contributed by atoms with Crippen LogP contribution in [0.1, 0.15) is 22.1 Å². The zero-order valence-corrected chi connectivity index (χ0v) is 16.3. The summed E-state index contributed by atoms with van der Waals surface area (Å²) in [5, 5.41) is 40.6. The third-order valence-corrected chi connectivity index (χ3v) is 4.43. The van der Waals surface area contributed by atoms with Crippen LogP contribution >= 0.6 is 0 Å². The van der Waals surface area contributed by atoms with Gasteiger partial charge < -0.3 is 39.6 Å². The van der Waals surface area contributed by atoms with Gasteiger partial charge in [-0.25, -0.2) is 0 Å². The number of carbonyl (C=O) groups is 2. The van der Waals surface area contributed by atoms with Crippen molar-refractivity contribution >= 4 is 11.9 Å². The van der Waals surface area contributed by atoms with E-state index in [0.717, 1.165) is 0 Å². The SMILES string of the molecule is [2H]C([2H])([2H])N1C(=O)[C@@H](O[C@@H]2OC(C(=O)[O-])[C@@H](O)[C@@H](O)C2O)CC1c1cccnc1.[Na+]. The number of aliphatic hydroxyl groups is 3. The monoisotopic (exact) mass is 393 g/mol. The number of likely N-dealkylation sites (tertiary alicyclic amines) is 1. The zero-order valence-electron chi connectivity index (χ0n) is 17.3. The molecule has 0 saturated carbocycles. The number of ether oxygens (including phenoxy) is 2. The van der Waals surface area contributed by atoms with Crippen molar-refractivity contribution in [2.24, 2.45) is 0 Å². The molecule has 0 radical (unpaired) electrons. The molecule has 3 unspecified atom stereocenters. The molecule has 3 rings (SSSR count). The molecule has 11 heteroatoms. The summed E-state index contributed by atoms with van der Waals surface area (Å²) in [6, 6.07) is 2.24. The fourth-order valence-corrected chi connectivity index (χ4v) is 3.01. The maximum atomic E-state index is 12.7. The quantitative estimate of drug-likeness (QED) is 0.424. The van der Waals surface area contributed by atoms with Crippen molar-refractivity contribution in [2.75, 3.05) is 6.98 Å². The van der Waals surface area contributed by atoms with Gasteiger partial charge in [0.2, 0.25) is 0 Å². The predicted octanol–water partition coefficient (Wildman–Crippen LogP) is -6.07. The minimum atomic E-state index is -2.80. The van der Waals surface area contributed by atoms with E-state index in [1.54, 1.807) is 12.1 Å². The van der Waals surface area contributed by atoms with Crippen molar-refractivity contribution in [1.29, 1.82) is 0 Å². The van der Waals surface area contributed by atoms with Gasteiger partial charge in [0.05, 0.1) is 12.0 Å². The van der Waals surface area contributed by atoms with E-state index in [-0.39, 0.29) is 36.0 Å². The second-order valence-corrected chi connectivity index (χ2v) is 6.09. The second-order valence-electron chi connectivity index (χ2n) is 6.09. The molecule has 1 aromatic heterocycles. The third-order valence-electron chi connectivity index (χ3n) is 4.43. The standard InChI is InChI=1S/C16H20N2O8.Na/c1-18-8(7-3-2-4-17-6-7)5-9(14(18)22)25-16-12(21)10(19)11(20)13(26-16)15(23)24;/h2-4,6,8-13,16,19-21H,5H2,1H3,(H,23,24);/q;+1/p-1/t8?,9-,10+,11-,12?,13?,16+;/m0./s1/i1D3;. The number of likely N-dealkylation sites (N-methyl/N-ethyl adjacent to an activating group) is 1. The van der Waals surface area contributed by atoms with E-state index in [9.17, 15) is 30.0 Å². The van der Waals surface area contributed by atoms with Gasteiger partial charge in [-0.3, -0.25) is 9.78 Å². The smallest absolute Gasteiger partial charge is 0.547 e. The van der Waals surface area contributed by atoms with Gasteiger partial charge in [-0.2, -0.15) is 0 Å². The average Bonchev–Trinajstić information content (AvgIpc) is 2.99. The van der Waals surface area contributed by atoms with Gasteiger partial charge in [-0.15, -0.1) is 0 Å². The van der Waals surface area contributed by atoms with Gasteiger partial charge in [-0.05, 0) is 11.6 Å². The summed E-state index contributed by atoms with van der Waals surface area (Å²) in [4.78, 5) is 28.4. The molecule has 0 aromatic carbocycles. The van der Waals surface area contributed by atoms with Gasteiger partial charge in [0.15, 0.2) is 6.29 Å². The number of pyridine rings is 1. The minimum absolute atomic E-state index is 0. The number of amides is 1. The van der Waals surface area contributed by atoms with Gasteiger partial charge in [0.1, 0.15) is 30.5 Å². The summed E-state index contributed by atoms with van der Waals surface area (Å²) in [5.41, 5.74) is 0.441. The van der Waals surface area contributed by atoms with Gasteiger partial charge >= 0.3 is 29.6 Å². The number of aliphatic carboxylic acids is 1. The minimum Gasteiger partial charge on any atom is -0.547 e. The molecule has 10 nitrogen and oxygen atoms in total. The van der Waals surface area contributed by atoms with E-state index in [1.807, 2.05) is 0 Å². The van der Waals surface area contributed by atoms with Crippen LogP contribution in [0.5, 0.6) is 0 Å². The number of carboxylic acids is 1. The van der Waals surface area contributed by atoms with E-state index in [1.165, 1.54) is 12.4 Å². The molecule has 3 N–H and O–H groups in total. The van der Waals surface area contributed by atoms with E-state index >= 15 is 0 Å². The van der Waals surface area contributed by atoms with Crippen molar-refractivity contribution in [2.45, 2.75) is 49.3 Å². The second kappa shape index (κ2) is 8.93. The average molecular weight is 393 g/mol. The first kappa shape index (κ1) is 18.0. The summed E-state index contributed by atoms with van der Waals surface area (Å²) in [6.45, 7) is -2.80. The number of carboxylic acid groups (broad SMARTS) is 1. The Balaban J connectivity index is 0.00000320. The molecule has 142 valence electrons. The first-order valence-electron chi connectivity index (χ1n) is 9.31. The van der Waals surface area contributed by atoms with Crippen LogP contribution in [-0.4, -0.2) is 80.9 Å². The Bertz CT molecular complexity index is 771. The molecule has 0 bridgehead atoms. The summed E-state index contributed by atoms with van der Waals surface area (Å²) in [6.07, 6.45) is -8.30. The Morgan fingerprint density at radius 3 is 2.74 bits per heavy atom. The summed E-state index contributed by atoms with van der Waals surface area (Å²) in [5.74, 6) is -2.78. The van der Waals surface area contributed by atoms with Crippen molar-refractivity contribution in [1.82, 2.24) is 9.88 Å². The summed E-state index contributed by atoms with van der Waals surface area (Å²) >= 11 is 0. The molecular formula is C16H19N2NaO8. The molecule has 3 heterocycles. The number of carbonyl (C=O) groups excluding carboxylic acids is 2. The first-order chi connectivity index (χ1) is 13.5. The number of aromatic nitrogens is 1. The summed E-state index contributed by atoms with van der Waals surface area (Å²) in [7, 11) is 0. The third kappa shape index (κ3) is 4.33. The van der Waals surface area contributed by atoms with E-state index in [0.29, 0.717) is 10.5 Å². The van der Waals surface area contributed by atoms with Crippen molar-refractivity contribution in [3.63, 3.8) is 0 Å². The van der Waals surface area contributed by atoms with Gasteiger partial charge in [-0.1, -0.05) is 6.07 Å². The van der Waals surface area contributed by atoms with Crippen LogP contribution in [0.2, 0.25) is 0 Å². The van der Waals surface area contributed by atoms with Crippen molar-refractivity contribution in [3.8, 4) is 0 Å². The number of rotatable bonds is 4. The van der Waals surface area contributed by atoms with Gasteiger partial charge in [0, 0.05) is 29.9 Å². The maximum Gasteiger partial charge on any atom is 1.00 e. The molecule has 1 aromatic rings. The predicted molar refractivity (Wildman–Crippen MR) is 80.9 cm³/mol. The molecule has 2 saturated heterocycles. The molecule has 0 aliphatic carbocycles. The summed E-state index contributed by atoms with van der Waals surface area (Å²) < 4.78 is 33.3. The molecular weight excluding hydrogens is 371 g/mol. The van der Waals surface area contributed by atoms with E-state index in [4.69, 9.17) is 13.6 Å². The zero-order chi connectivity index (χ0) is 21.5. The largest absolute Gasteiger partial charge is 1.00 e. The molecule has 0 spiro atoms. The number of hydrogen-bond donors (Lipinski definition) is 3. The van der Waals surface area contributed by atoms with Crippen LogP contribution < -0.4 is 34.7 Å². The maximum absolute atomic E-state index is 12.7. The van der Waals surface area contributed by atoms with Crippen LogP contribution in [0.25, 0.3) is 0 Å². The molecule has 2 aliphatic heterocycles. The molecule has 27 heavy (non-hydrogen) atoms. The molecule has 2 aliphatic rings. The fourth-order valence-electron chi connectivity index (χ4n) is 3.01. The van der Waals surface area contributed by atoms with Crippen molar-refractivity contribution in [3.05, 3.63) is 30.1 Å². The van der Waals surface area contributed by atoms with Crippen LogP contribution in [0.4, 0.5) is 0 Å². The van der Waals surface area contributed by atoms with Gasteiger partial charge in [0.25, 0.3) is 5.91 Å². The number of aliphatic hydroxyl groups excluding tert-OH is 3. The molecule has 7 atom stereocenters. The Morgan fingerprint density at radius 2 is 2.15 bits per heavy atom. The number of hydrogen-bond acceptors (Lipinski definition) is 9. The fraction of sp³-hybridized carbons (Fsp3) is 0.562. The van der Waals surface area contributed by atoms with Crippen molar-refractivity contribution < 1.29 is 73.2 Å². The Labute approximate surface area is 181 Å². The van der Waals surface area contributed by atoms with E-state index in [2.05, 4.69) is 4.98 Å². The van der Waals surface area contributed by atoms with Crippen LogP contribution in [0.15, 0.2) is 24.5 Å². The van der Waals surface area contributed by atoms with Crippen LogP contribution in [-0.2, 0) is 19.1 Å². The first-order valence-corrected chi connectivity index (χ1v) is 7.81. The Morgan fingerprint density at radius 1 is 1.41 bits per heavy atom. The topological polar surface area (TPSA) is 152 Å². The van der Waals surface area contributed by atoms with Crippen LogP contribution in [0.3, 0.4) is 0 Å². The molecule has 1 amide bonds. The van der Waals surface area contributed by atoms with E-state index < -0.39 is 61.7 Å². The number of nitrogens with zero attached hydrogens (tertiary/aromatic N) is 2. The van der Waals surface area contributed by atoms with Crippen LogP contribution in [0, 0.1) is 0 Å². The Hall–Kier alpha value is -1.11. The normalized spacial score (nSPS) is 38.5. The Kier molecular flexibility index (Phi) is 5.94. The molecule has 2 fully saturated rings.